The van der Waals surface area contributed by atoms with Gasteiger partial charge in [0.05, 0.1) is 22.2 Å². The first-order valence-electron chi connectivity index (χ1n) is 7.82. The van der Waals surface area contributed by atoms with E-state index in [1.807, 2.05) is 26.0 Å². The molecule has 0 aliphatic carbocycles. The van der Waals surface area contributed by atoms with E-state index < -0.39 is 5.91 Å². The number of benzene rings is 1. The fourth-order valence-electron chi connectivity index (χ4n) is 2.30. The van der Waals surface area contributed by atoms with Crippen LogP contribution in [0.3, 0.4) is 0 Å². The van der Waals surface area contributed by atoms with Gasteiger partial charge in [-0.1, -0.05) is 26.0 Å². The average Bonchev–Trinajstić information content (AvgIpc) is 3.03. The zero-order valence-electron chi connectivity index (χ0n) is 14.2. The molecule has 3 N–H and O–H groups in total. The summed E-state index contributed by atoms with van der Waals surface area (Å²) in [5.74, 6) is -0.213. The van der Waals surface area contributed by atoms with Crippen LogP contribution in [0.15, 0.2) is 35.7 Å². The Labute approximate surface area is 150 Å². The van der Waals surface area contributed by atoms with Gasteiger partial charge in [0, 0.05) is 18.5 Å². The van der Waals surface area contributed by atoms with Gasteiger partial charge in [0.1, 0.15) is 0 Å². The number of hydrogen-bond donors (Lipinski definition) is 2. The van der Waals surface area contributed by atoms with Crippen LogP contribution in [0, 0.1) is 17.2 Å². The molecule has 2 rings (SSSR count). The summed E-state index contributed by atoms with van der Waals surface area (Å²) >= 11 is 1.19. The summed E-state index contributed by atoms with van der Waals surface area (Å²) in [6, 6.07) is 10.6. The molecule has 3 amide bonds. The molecule has 0 fully saturated rings. The SMILES string of the molecule is CC(C)CN(Cc1ccc(C#N)cc1)C(=O)Nc1csc(C(N)=O)c1. The van der Waals surface area contributed by atoms with E-state index in [1.165, 1.54) is 11.3 Å². The molecule has 7 heteroatoms. The van der Waals surface area contributed by atoms with E-state index in [-0.39, 0.29) is 6.03 Å². The van der Waals surface area contributed by atoms with Crippen molar-refractivity contribution in [3.8, 4) is 6.07 Å². The number of rotatable bonds is 6. The zero-order chi connectivity index (χ0) is 18.4. The monoisotopic (exact) mass is 356 g/mol. The van der Waals surface area contributed by atoms with Crippen LogP contribution in [0.4, 0.5) is 10.5 Å². The van der Waals surface area contributed by atoms with Gasteiger partial charge < -0.3 is 16.0 Å². The van der Waals surface area contributed by atoms with Crippen LogP contribution in [0.2, 0.25) is 0 Å². The fraction of sp³-hybridized carbons (Fsp3) is 0.278. The van der Waals surface area contributed by atoms with Crippen LogP contribution in [-0.2, 0) is 6.54 Å². The molecule has 0 spiro atoms. The van der Waals surface area contributed by atoms with Crippen molar-refractivity contribution in [3.63, 3.8) is 0 Å². The maximum atomic E-state index is 12.6. The van der Waals surface area contributed by atoms with Crippen molar-refractivity contribution in [2.45, 2.75) is 20.4 Å². The standard InChI is InChI=1S/C18H20N4O2S/c1-12(2)9-22(10-14-5-3-13(8-19)4-6-14)18(24)21-15-7-16(17(20)23)25-11-15/h3-7,11-12H,9-10H2,1-2H3,(H2,20,23)(H,21,24). The predicted octanol–water partition coefficient (Wildman–Crippen LogP) is 3.41. The Morgan fingerprint density at radius 2 is 2.00 bits per heavy atom. The van der Waals surface area contributed by atoms with Crippen LogP contribution in [0.25, 0.3) is 0 Å². The summed E-state index contributed by atoms with van der Waals surface area (Å²) in [5.41, 5.74) is 7.31. The van der Waals surface area contributed by atoms with Crippen molar-refractivity contribution in [2.24, 2.45) is 11.7 Å². The quantitative estimate of drug-likeness (QED) is 0.829. The number of amides is 3. The number of primary amides is 1. The van der Waals surface area contributed by atoms with Gasteiger partial charge in [-0.15, -0.1) is 11.3 Å². The van der Waals surface area contributed by atoms with E-state index in [2.05, 4.69) is 11.4 Å². The molecule has 0 atom stereocenters. The Balaban J connectivity index is 2.10. The fourth-order valence-corrected chi connectivity index (χ4v) is 2.99. The second kappa shape index (κ2) is 8.31. The van der Waals surface area contributed by atoms with Gasteiger partial charge >= 0.3 is 6.03 Å². The third kappa shape index (κ3) is 5.33. The maximum absolute atomic E-state index is 12.6. The van der Waals surface area contributed by atoms with E-state index in [0.29, 0.717) is 35.1 Å². The molecule has 1 heterocycles. The summed E-state index contributed by atoms with van der Waals surface area (Å²) in [4.78, 5) is 25.9. The topological polar surface area (TPSA) is 99.2 Å². The van der Waals surface area contributed by atoms with Gasteiger partial charge in [0.25, 0.3) is 5.91 Å². The molecule has 130 valence electrons. The zero-order valence-corrected chi connectivity index (χ0v) is 15.0. The normalized spacial score (nSPS) is 10.3. The summed E-state index contributed by atoms with van der Waals surface area (Å²) < 4.78 is 0. The van der Waals surface area contributed by atoms with E-state index >= 15 is 0 Å². The lowest BCUT2D eigenvalue weighted by atomic mass is 10.1. The Bertz CT molecular complexity index is 790. The number of carbonyl (C=O) groups is 2. The molecular formula is C18H20N4O2S. The highest BCUT2D eigenvalue weighted by Crippen LogP contribution is 2.20. The summed E-state index contributed by atoms with van der Waals surface area (Å²) in [5, 5.41) is 13.4. The molecule has 0 radical (unpaired) electrons. The van der Waals surface area contributed by atoms with E-state index in [1.54, 1.807) is 28.5 Å². The first-order chi connectivity index (χ1) is 11.9. The average molecular weight is 356 g/mol. The van der Waals surface area contributed by atoms with Crippen molar-refractivity contribution < 1.29 is 9.59 Å². The number of hydrogen-bond acceptors (Lipinski definition) is 4. The summed E-state index contributed by atoms with van der Waals surface area (Å²) in [7, 11) is 0. The Kier molecular flexibility index (Phi) is 6.14. The van der Waals surface area contributed by atoms with Crippen LogP contribution in [-0.4, -0.2) is 23.4 Å². The van der Waals surface area contributed by atoms with Crippen molar-refractivity contribution in [1.82, 2.24) is 4.90 Å². The lowest BCUT2D eigenvalue weighted by molar-refractivity contribution is 0.100. The molecule has 0 saturated heterocycles. The Morgan fingerprint density at radius 3 is 2.52 bits per heavy atom. The number of anilines is 1. The first-order valence-corrected chi connectivity index (χ1v) is 8.70. The van der Waals surface area contributed by atoms with Gasteiger partial charge in [-0.25, -0.2) is 4.79 Å². The van der Waals surface area contributed by atoms with E-state index in [4.69, 9.17) is 11.0 Å². The smallest absolute Gasteiger partial charge is 0.322 e. The number of carbonyl (C=O) groups excluding carboxylic acids is 2. The van der Waals surface area contributed by atoms with E-state index in [0.717, 1.165) is 5.56 Å². The molecular weight excluding hydrogens is 336 g/mol. The van der Waals surface area contributed by atoms with E-state index in [9.17, 15) is 9.59 Å². The van der Waals surface area contributed by atoms with Gasteiger partial charge in [-0.2, -0.15) is 5.26 Å². The molecule has 1 aromatic heterocycles. The van der Waals surface area contributed by atoms with Crippen molar-refractivity contribution in [1.29, 1.82) is 5.26 Å². The van der Waals surface area contributed by atoms with Crippen molar-refractivity contribution in [3.05, 3.63) is 51.7 Å². The van der Waals surface area contributed by atoms with Crippen LogP contribution in [0.1, 0.15) is 34.6 Å². The molecule has 2 aromatic rings. The highest BCUT2D eigenvalue weighted by molar-refractivity contribution is 7.12. The maximum Gasteiger partial charge on any atom is 0.322 e. The van der Waals surface area contributed by atoms with Gasteiger partial charge in [-0.05, 0) is 29.7 Å². The second-order valence-corrected chi connectivity index (χ2v) is 6.99. The highest BCUT2D eigenvalue weighted by Gasteiger charge is 2.17. The van der Waals surface area contributed by atoms with Crippen LogP contribution >= 0.6 is 11.3 Å². The molecule has 0 unspecified atom stereocenters. The van der Waals surface area contributed by atoms with Gasteiger partial charge in [0.15, 0.2) is 0 Å². The minimum atomic E-state index is -0.512. The number of urea groups is 1. The molecule has 0 aliphatic rings. The van der Waals surface area contributed by atoms with Crippen LogP contribution in [0.5, 0.6) is 0 Å². The van der Waals surface area contributed by atoms with Gasteiger partial charge in [0.2, 0.25) is 0 Å². The molecule has 0 bridgehead atoms. The summed E-state index contributed by atoms with van der Waals surface area (Å²) in [6.45, 7) is 5.09. The molecule has 1 aromatic carbocycles. The number of nitriles is 1. The third-order valence-electron chi connectivity index (χ3n) is 3.42. The predicted molar refractivity (Wildman–Crippen MR) is 98.3 cm³/mol. The molecule has 25 heavy (non-hydrogen) atoms. The minimum Gasteiger partial charge on any atom is -0.365 e. The Hall–Kier alpha value is -2.85. The lowest BCUT2D eigenvalue weighted by Crippen LogP contribution is -2.37. The van der Waals surface area contributed by atoms with Gasteiger partial charge in [-0.3, -0.25) is 4.79 Å². The number of thiophene rings is 1. The Morgan fingerprint density at radius 1 is 1.32 bits per heavy atom. The largest absolute Gasteiger partial charge is 0.365 e. The molecule has 0 aliphatic heterocycles. The van der Waals surface area contributed by atoms with Crippen molar-refractivity contribution >= 4 is 29.0 Å². The first kappa shape index (κ1) is 18.5. The number of nitrogens with zero attached hydrogens (tertiary/aromatic N) is 2. The van der Waals surface area contributed by atoms with Crippen LogP contribution < -0.4 is 11.1 Å². The highest BCUT2D eigenvalue weighted by atomic mass is 32.1. The number of nitrogens with two attached hydrogens (primary N) is 1. The minimum absolute atomic E-state index is 0.244. The number of nitrogens with one attached hydrogen (secondary N) is 1. The lowest BCUT2D eigenvalue weighted by Gasteiger charge is -2.25. The molecule has 6 nitrogen and oxygen atoms in total. The third-order valence-corrected chi connectivity index (χ3v) is 4.37. The summed E-state index contributed by atoms with van der Waals surface area (Å²) in [6.07, 6.45) is 0. The molecule has 0 saturated carbocycles. The van der Waals surface area contributed by atoms with Crippen molar-refractivity contribution in [2.75, 3.05) is 11.9 Å². The second-order valence-electron chi connectivity index (χ2n) is 6.08.